The zero-order valence-corrected chi connectivity index (χ0v) is 78.8. The summed E-state index contributed by atoms with van der Waals surface area (Å²) in [6, 6.07) is 99.2. The van der Waals surface area contributed by atoms with E-state index in [-0.39, 0.29) is 65.7 Å². The Morgan fingerprint density at radius 2 is 0.837 bits per heavy atom. The van der Waals surface area contributed by atoms with Gasteiger partial charge in [0, 0.05) is 95.7 Å². The fourth-order valence-electron chi connectivity index (χ4n) is 16.2. The van der Waals surface area contributed by atoms with Crippen LogP contribution in [0, 0.1) is 32.0 Å². The molecule has 14 heteroatoms. The van der Waals surface area contributed by atoms with Crippen LogP contribution in [0.25, 0.3) is 122 Å². The van der Waals surface area contributed by atoms with Crippen molar-refractivity contribution in [2.24, 2.45) is 0 Å². The molecule has 3 radical (unpaired) electrons. The van der Waals surface area contributed by atoms with Gasteiger partial charge in [-0.3, -0.25) is 9.97 Å². The van der Waals surface area contributed by atoms with Crippen LogP contribution in [-0.2, 0) is 71.1 Å². The third-order valence-electron chi connectivity index (χ3n) is 22.7. The molecule has 0 amide bonds. The van der Waals surface area contributed by atoms with E-state index < -0.39 is 5.41 Å². The summed E-state index contributed by atoms with van der Waals surface area (Å²) >= 11 is 0. The zero-order chi connectivity index (χ0) is 82.8. The molecule has 0 bridgehead atoms. The van der Waals surface area contributed by atoms with Gasteiger partial charge in [-0.25, -0.2) is 4.98 Å². The number of unbranched alkanes of at least 4 members (excludes halogenated alkanes) is 8. The summed E-state index contributed by atoms with van der Waals surface area (Å²) in [5.74, 6) is 3.36. The van der Waals surface area contributed by atoms with Crippen LogP contribution in [0.15, 0.2) is 280 Å². The van der Waals surface area contributed by atoms with E-state index in [2.05, 4.69) is 268 Å². The van der Waals surface area contributed by atoms with E-state index in [0.717, 1.165) is 170 Å². The average Bonchev–Trinajstić information content (AvgIpc) is 1.50. The van der Waals surface area contributed by atoms with Crippen molar-refractivity contribution in [2.75, 3.05) is 26.4 Å². The molecule has 0 aliphatic heterocycles. The molecule has 11 aromatic carbocycles. The van der Waals surface area contributed by atoms with Crippen LogP contribution in [0.5, 0.6) is 23.0 Å². The van der Waals surface area contributed by atoms with E-state index in [1.807, 2.05) is 109 Å². The number of ether oxygens (including phenoxy) is 4. The van der Waals surface area contributed by atoms with Crippen LogP contribution < -0.4 is 24.0 Å². The van der Waals surface area contributed by atoms with Crippen molar-refractivity contribution in [1.82, 2.24) is 35.1 Å². The Morgan fingerprint density at radius 3 is 1.43 bits per heavy atom. The predicted octanol–water partition coefficient (Wildman–Crippen LogP) is 27.5. The number of benzene rings is 11. The Hall–Kier alpha value is -10.9. The predicted molar refractivity (Wildman–Crippen MR) is 492 cm³/mol. The summed E-state index contributed by atoms with van der Waals surface area (Å²) in [4.78, 5) is 22.3. The number of pyridine rings is 3. The molecule has 5 aromatic heterocycles. The minimum absolute atomic E-state index is 0. The number of para-hydroxylation sites is 1. The number of aryl methyl sites for hydroxylation is 2. The molecule has 631 valence electrons. The maximum absolute atomic E-state index is 6.66. The largest absolute Gasteiger partial charge is 0.573 e. The van der Waals surface area contributed by atoms with E-state index in [1.54, 1.807) is 12.5 Å². The Kier molecular flexibility index (Phi) is 32.2. The number of hydrogen-bond acceptors (Lipinski definition) is 10. The van der Waals surface area contributed by atoms with Gasteiger partial charge in [0.1, 0.15) is 6.33 Å². The van der Waals surface area contributed by atoms with Crippen LogP contribution in [0.3, 0.4) is 0 Å². The van der Waals surface area contributed by atoms with Crippen LogP contribution >= 0.6 is 0 Å². The molecule has 0 N–H and O–H groups in total. The summed E-state index contributed by atoms with van der Waals surface area (Å²) in [5, 5.41) is 14.0. The first-order valence-electron chi connectivity index (χ1n) is 42.9. The van der Waals surface area contributed by atoms with Crippen molar-refractivity contribution in [1.29, 1.82) is 0 Å². The maximum atomic E-state index is 6.66. The summed E-state index contributed by atoms with van der Waals surface area (Å²) in [7, 11) is 0. The normalized spacial score (nSPS) is 12.5. The van der Waals surface area contributed by atoms with E-state index in [4.69, 9.17) is 23.9 Å². The minimum atomic E-state index is -0.488. The van der Waals surface area contributed by atoms with E-state index >= 15 is 0 Å². The van der Waals surface area contributed by atoms with Crippen molar-refractivity contribution >= 4 is 32.4 Å². The average molecular weight is 2150 g/mol. The minimum Gasteiger partial charge on any atom is -0.573 e. The topological polar surface area (TPSA) is 128 Å². The van der Waals surface area contributed by atoms with Gasteiger partial charge in [0.25, 0.3) is 0 Å². The second kappa shape index (κ2) is 43.4. The zero-order valence-electron chi connectivity index (χ0n) is 71.6. The summed E-state index contributed by atoms with van der Waals surface area (Å²) in [6.07, 6.45) is 20.6. The first-order chi connectivity index (χ1) is 58.8. The Morgan fingerprint density at radius 1 is 0.350 bits per heavy atom. The van der Waals surface area contributed by atoms with Gasteiger partial charge in [-0.2, -0.15) is 0 Å². The Bertz CT molecular complexity index is 6170. The van der Waals surface area contributed by atoms with Gasteiger partial charge in [-0.1, -0.05) is 239 Å². The molecule has 18 rings (SSSR count). The van der Waals surface area contributed by atoms with Crippen LogP contribution in [0.1, 0.15) is 165 Å². The molecule has 5 heterocycles. The number of hydrogen-bond donors (Lipinski definition) is 0. The van der Waals surface area contributed by atoms with Crippen molar-refractivity contribution in [3.8, 4) is 113 Å². The van der Waals surface area contributed by atoms with Gasteiger partial charge in [0.15, 0.2) is 23.0 Å². The molecule has 2 aliphatic carbocycles. The molecule has 2 aliphatic rings. The van der Waals surface area contributed by atoms with Gasteiger partial charge in [0.05, 0.1) is 37.4 Å². The second-order valence-corrected chi connectivity index (χ2v) is 32.1. The third-order valence-corrected chi connectivity index (χ3v) is 22.7. The van der Waals surface area contributed by atoms with Crippen molar-refractivity contribution in [3.05, 3.63) is 337 Å². The molecule has 123 heavy (non-hydrogen) atoms. The van der Waals surface area contributed by atoms with Crippen LogP contribution in [0.4, 0.5) is 0 Å². The number of rotatable bonds is 26. The van der Waals surface area contributed by atoms with Gasteiger partial charge in [0.2, 0.25) is 0 Å². The molecule has 16 aromatic rings. The number of nitrogens with zero attached hydrogens (tertiary/aromatic N) is 7. The number of aromatic nitrogens is 7. The molecule has 0 saturated carbocycles. The van der Waals surface area contributed by atoms with Crippen LogP contribution in [-0.4, -0.2) is 56.4 Å². The van der Waals surface area contributed by atoms with E-state index in [1.165, 1.54) is 97.7 Å². The molecule has 1 atom stereocenters. The van der Waals surface area contributed by atoms with E-state index in [9.17, 15) is 0 Å². The fourth-order valence-corrected chi connectivity index (χ4v) is 16.2. The quantitative estimate of drug-likeness (QED) is 0.0380. The molecule has 0 saturated heterocycles. The smallest absolute Gasteiger partial charge is 0.161 e. The SMILES string of the molecule is CC(C)(C)c1cc(-c2ccccn2)[n-]n1.CCCCCOc1cc2c(cc1OCCCCC)C1(c3ccccc3-c3cc(-c4cc[c-]c(-c5nccc6ccccc56)c4)ccc31)c1cc(C)c(C)cc1-2.CCCCCOc1ccc(-c2cc[c-]c(-c3nccc4ccccc34)c2)cc1OCCCCC.[Ir].[Ir].[Ir].[c-]1ccccc1-c1ncnc2ccccc12. The van der Waals surface area contributed by atoms with Gasteiger partial charge in [-0.15, -0.1) is 107 Å². The molecule has 11 nitrogen and oxygen atoms in total. The van der Waals surface area contributed by atoms with Gasteiger partial charge >= 0.3 is 0 Å². The fraction of sp³-hybridized carbons (Fsp3) is 0.248. The van der Waals surface area contributed by atoms with E-state index in [0.29, 0.717) is 19.8 Å². The monoisotopic (exact) mass is 2150 g/mol. The standard InChI is InChI=1S/C52H48NO2.C31H34NO2.C14H9N2.C12H14N3.3Ir/c1-5-7-13-26-54-49-32-44-42-28-34(3)35(4)29-47(42)52(48(44)33-50(49)55-27-14-8-6-2)45-21-12-11-20-41(45)43-31-38(22-23-46(43)52)37-17-15-18-39(30-37)51-40-19-10-9-16-36(40)24-25-53-51;1-3-5-9-20-33-29-17-16-26(23-30(29)34-21-10-6-4-2)25-13-11-14-27(22-25)31-28-15-8-7-12-24(28)18-19-32-31;1-2-6-11(7-3-1)14-12-8-4-5-9-13(12)15-10-16-14;1-12(2,3)11-8-10(14-15-11)9-6-4-5-7-13-9;;;/h9-12,15-17,19-25,28-33H,5-8,13-14,26-27H2,1-4H3;7-8,11-13,15-19,22-23H,3-6,9-10,20-21H2,1-2H3;1-6,8-10H;4-8H,1-3H3;;;/q4*-1;;;. The molecule has 0 fully saturated rings. The van der Waals surface area contributed by atoms with Crippen molar-refractivity contribution in [3.63, 3.8) is 0 Å². The first-order valence-corrected chi connectivity index (χ1v) is 42.9. The summed E-state index contributed by atoms with van der Waals surface area (Å²) in [6.45, 7) is 22.5. The summed E-state index contributed by atoms with van der Waals surface area (Å²) < 4.78 is 25.5. The first kappa shape index (κ1) is 91.3. The number of fused-ring (bicyclic) bond motifs is 13. The Balaban J connectivity index is 0.000000171. The maximum Gasteiger partial charge on any atom is 0.161 e. The molecule has 1 spiro atoms. The molecule has 1 unspecified atom stereocenters. The van der Waals surface area contributed by atoms with Gasteiger partial charge in [-0.05, 0) is 211 Å². The van der Waals surface area contributed by atoms with Gasteiger partial charge < -0.3 is 39.1 Å². The van der Waals surface area contributed by atoms with Crippen LogP contribution in [0.2, 0.25) is 0 Å². The second-order valence-electron chi connectivity index (χ2n) is 32.1. The Labute approximate surface area is 766 Å². The van der Waals surface area contributed by atoms with Crippen molar-refractivity contribution in [2.45, 2.75) is 150 Å². The summed E-state index contributed by atoms with van der Waals surface area (Å²) in [5.41, 5.74) is 26.5. The third kappa shape index (κ3) is 20.8. The molecular formula is C109H105Ir3N7O4-4. The molecular weight excluding hydrogens is 2050 g/mol. The van der Waals surface area contributed by atoms with Crippen molar-refractivity contribution < 1.29 is 79.3 Å².